The summed E-state index contributed by atoms with van der Waals surface area (Å²) in [7, 11) is 0. The molecule has 1 N–H and O–H groups in total. The van der Waals surface area contributed by atoms with Crippen LogP contribution in [-0.2, 0) is 11.3 Å². The summed E-state index contributed by atoms with van der Waals surface area (Å²) >= 11 is 0. The molecule has 0 bridgehead atoms. The average molecular weight is 399 g/mol. The van der Waals surface area contributed by atoms with Crippen LogP contribution in [0.3, 0.4) is 0 Å². The van der Waals surface area contributed by atoms with Crippen LogP contribution in [0.25, 0.3) is 16.9 Å². The number of rotatable bonds is 6. The van der Waals surface area contributed by atoms with Gasteiger partial charge in [-0.3, -0.25) is 9.69 Å². The van der Waals surface area contributed by atoms with E-state index in [2.05, 4.69) is 16.1 Å². The Hall–Kier alpha value is -3.36. The number of nitrogens with zero attached hydrogens (tertiary/aromatic N) is 3. The number of hydrogen-bond donors (Lipinski definition) is 1. The molecule has 1 fully saturated rings. The fourth-order valence-corrected chi connectivity index (χ4v) is 3.90. The highest BCUT2D eigenvalue weighted by Gasteiger charge is 2.24. The van der Waals surface area contributed by atoms with Crippen molar-refractivity contribution in [2.45, 2.75) is 19.4 Å². The molecule has 4 rings (SSSR count). The number of likely N-dealkylation sites (tertiary alicyclic amines) is 1. The van der Waals surface area contributed by atoms with E-state index in [4.69, 9.17) is 11.5 Å². The van der Waals surface area contributed by atoms with Crippen molar-refractivity contribution in [3.05, 3.63) is 72.4 Å². The Morgan fingerprint density at radius 3 is 2.40 bits per heavy atom. The van der Waals surface area contributed by atoms with Crippen molar-refractivity contribution in [1.29, 1.82) is 0 Å². The van der Waals surface area contributed by atoms with Crippen LogP contribution in [0.2, 0.25) is 0 Å². The van der Waals surface area contributed by atoms with Crippen molar-refractivity contribution in [1.82, 2.24) is 20.0 Å². The summed E-state index contributed by atoms with van der Waals surface area (Å²) in [4.78, 5) is 15.0. The summed E-state index contributed by atoms with van der Waals surface area (Å²) in [5.74, 6) is 2.84. The van der Waals surface area contributed by atoms with Crippen LogP contribution in [0.4, 0.5) is 0 Å². The van der Waals surface area contributed by atoms with E-state index in [0.717, 1.165) is 48.4 Å². The van der Waals surface area contributed by atoms with Crippen LogP contribution in [0, 0.1) is 18.3 Å². The first kappa shape index (κ1) is 19.9. The van der Waals surface area contributed by atoms with Gasteiger partial charge in [-0.25, -0.2) is 4.68 Å². The van der Waals surface area contributed by atoms with Gasteiger partial charge in [0.2, 0.25) is 5.91 Å². The predicted octanol–water partition coefficient (Wildman–Crippen LogP) is 3.50. The van der Waals surface area contributed by atoms with Crippen LogP contribution in [0.15, 0.2) is 66.9 Å². The third kappa shape index (κ3) is 4.61. The third-order valence-corrected chi connectivity index (χ3v) is 5.58. The van der Waals surface area contributed by atoms with E-state index in [1.54, 1.807) is 0 Å². The first-order valence-electron chi connectivity index (χ1n) is 10.4. The molecule has 0 saturated carbocycles. The van der Waals surface area contributed by atoms with Crippen molar-refractivity contribution in [3.8, 4) is 29.3 Å². The highest BCUT2D eigenvalue weighted by atomic mass is 16.1. The number of terminal acetylenes is 1. The topological polar surface area (TPSA) is 50.2 Å². The second-order valence-corrected chi connectivity index (χ2v) is 7.62. The minimum Gasteiger partial charge on any atom is -0.352 e. The quantitative estimate of drug-likeness (QED) is 0.647. The number of benzene rings is 2. The van der Waals surface area contributed by atoms with E-state index in [-0.39, 0.29) is 11.8 Å². The van der Waals surface area contributed by atoms with E-state index in [1.807, 2.05) is 71.5 Å². The second kappa shape index (κ2) is 9.43. The lowest BCUT2D eigenvalue weighted by Gasteiger charge is -2.29. The average Bonchev–Trinajstić information content (AvgIpc) is 3.24. The van der Waals surface area contributed by atoms with Crippen LogP contribution in [0.1, 0.15) is 18.4 Å². The molecular formula is C25H26N4O. The molecule has 0 atom stereocenters. The molecule has 0 radical (unpaired) electrons. The molecule has 0 spiro atoms. The fourth-order valence-electron chi connectivity index (χ4n) is 3.90. The van der Waals surface area contributed by atoms with Crippen molar-refractivity contribution < 1.29 is 4.79 Å². The van der Waals surface area contributed by atoms with E-state index in [9.17, 15) is 4.79 Å². The molecule has 1 saturated heterocycles. The van der Waals surface area contributed by atoms with Gasteiger partial charge in [0.15, 0.2) is 0 Å². The molecule has 0 unspecified atom stereocenters. The minimum absolute atomic E-state index is 0.0448. The first-order chi connectivity index (χ1) is 14.7. The Labute approximate surface area is 177 Å². The minimum atomic E-state index is 0.0448. The number of amides is 1. The monoisotopic (exact) mass is 398 g/mol. The van der Waals surface area contributed by atoms with E-state index >= 15 is 0 Å². The number of piperidine rings is 1. The van der Waals surface area contributed by atoms with Gasteiger partial charge >= 0.3 is 0 Å². The van der Waals surface area contributed by atoms with Gasteiger partial charge in [-0.2, -0.15) is 5.10 Å². The molecule has 1 aliphatic heterocycles. The van der Waals surface area contributed by atoms with Gasteiger partial charge in [-0.15, -0.1) is 6.42 Å². The van der Waals surface area contributed by atoms with Gasteiger partial charge in [-0.05, 0) is 38.1 Å². The molecule has 1 aromatic heterocycles. The Morgan fingerprint density at radius 2 is 1.73 bits per heavy atom. The lowest BCUT2D eigenvalue weighted by atomic mass is 9.96. The lowest BCUT2D eigenvalue weighted by molar-refractivity contribution is -0.126. The van der Waals surface area contributed by atoms with E-state index in [0.29, 0.717) is 13.1 Å². The van der Waals surface area contributed by atoms with E-state index in [1.165, 1.54) is 0 Å². The molecule has 2 heterocycles. The molecule has 1 amide bonds. The van der Waals surface area contributed by atoms with Crippen molar-refractivity contribution >= 4 is 5.91 Å². The van der Waals surface area contributed by atoms with Crippen LogP contribution in [0.5, 0.6) is 0 Å². The molecule has 152 valence electrons. The Bertz CT molecular complexity index is 1010. The Kier molecular flexibility index (Phi) is 6.26. The summed E-state index contributed by atoms with van der Waals surface area (Å²) in [5, 5.41) is 7.95. The molecule has 5 heteroatoms. The highest BCUT2D eigenvalue weighted by Crippen LogP contribution is 2.24. The molecular weight excluding hydrogens is 372 g/mol. The summed E-state index contributed by atoms with van der Waals surface area (Å²) in [5.41, 5.74) is 3.93. The summed E-state index contributed by atoms with van der Waals surface area (Å²) in [6.07, 6.45) is 9.10. The zero-order valence-corrected chi connectivity index (χ0v) is 17.0. The lowest BCUT2D eigenvalue weighted by Crippen LogP contribution is -2.40. The van der Waals surface area contributed by atoms with Crippen molar-refractivity contribution in [2.75, 3.05) is 19.6 Å². The van der Waals surface area contributed by atoms with Gasteiger partial charge in [0.05, 0.1) is 17.9 Å². The standard InChI is InChI=1S/C25H26N4O/c1-2-15-28-16-13-21(14-17-28)25(30)26-18-22-19-29(23-11-7-4-8-12-23)27-24(22)20-9-5-3-6-10-20/h1,3-12,19,21H,13-18H2,(H,26,30). The highest BCUT2D eigenvalue weighted by molar-refractivity contribution is 5.79. The largest absolute Gasteiger partial charge is 0.352 e. The maximum atomic E-state index is 12.8. The van der Waals surface area contributed by atoms with Gasteiger partial charge in [0, 0.05) is 29.8 Å². The third-order valence-electron chi connectivity index (χ3n) is 5.58. The predicted molar refractivity (Wildman–Crippen MR) is 119 cm³/mol. The molecule has 2 aromatic carbocycles. The summed E-state index contributed by atoms with van der Waals surface area (Å²) in [6, 6.07) is 20.1. The molecule has 1 aliphatic rings. The van der Waals surface area contributed by atoms with Crippen molar-refractivity contribution in [2.24, 2.45) is 5.92 Å². The number of para-hydroxylation sites is 1. The van der Waals surface area contributed by atoms with Crippen LogP contribution < -0.4 is 5.32 Å². The number of aromatic nitrogens is 2. The van der Waals surface area contributed by atoms with Gasteiger partial charge in [0.1, 0.15) is 0 Å². The first-order valence-corrected chi connectivity index (χ1v) is 10.4. The smallest absolute Gasteiger partial charge is 0.223 e. The second-order valence-electron chi connectivity index (χ2n) is 7.62. The summed E-state index contributed by atoms with van der Waals surface area (Å²) in [6.45, 7) is 2.88. The number of carbonyl (C=O) groups is 1. The summed E-state index contributed by atoms with van der Waals surface area (Å²) < 4.78 is 1.88. The fraction of sp³-hybridized carbons (Fsp3) is 0.280. The maximum Gasteiger partial charge on any atom is 0.223 e. The Morgan fingerprint density at radius 1 is 1.07 bits per heavy atom. The number of hydrogen-bond acceptors (Lipinski definition) is 3. The normalized spacial score (nSPS) is 14.9. The Balaban J connectivity index is 1.49. The SMILES string of the molecule is C#CCN1CCC(C(=O)NCc2cn(-c3ccccc3)nc2-c2ccccc2)CC1. The van der Waals surface area contributed by atoms with Gasteiger partial charge < -0.3 is 5.32 Å². The zero-order valence-electron chi connectivity index (χ0n) is 17.0. The van der Waals surface area contributed by atoms with Gasteiger partial charge in [-0.1, -0.05) is 54.5 Å². The molecule has 3 aromatic rings. The maximum absolute atomic E-state index is 12.8. The van der Waals surface area contributed by atoms with Crippen molar-refractivity contribution in [3.63, 3.8) is 0 Å². The number of carbonyl (C=O) groups excluding carboxylic acids is 1. The number of nitrogens with one attached hydrogen (secondary N) is 1. The van der Waals surface area contributed by atoms with E-state index < -0.39 is 0 Å². The van der Waals surface area contributed by atoms with Gasteiger partial charge in [0.25, 0.3) is 0 Å². The molecule has 5 nitrogen and oxygen atoms in total. The van der Waals surface area contributed by atoms with Crippen LogP contribution in [-0.4, -0.2) is 40.2 Å². The molecule has 0 aliphatic carbocycles. The van der Waals surface area contributed by atoms with Crippen LogP contribution >= 0.6 is 0 Å². The molecule has 30 heavy (non-hydrogen) atoms. The zero-order chi connectivity index (χ0) is 20.8.